The Hall–Kier alpha value is -7.95. The fraction of sp³-hybridized carbons (Fsp3) is 0. The van der Waals surface area contributed by atoms with Crippen molar-refractivity contribution < 1.29 is 0 Å². The van der Waals surface area contributed by atoms with E-state index in [-0.39, 0.29) is 0 Å². The van der Waals surface area contributed by atoms with Gasteiger partial charge in [-0.2, -0.15) is 0 Å². The molecule has 0 aliphatic heterocycles. The van der Waals surface area contributed by atoms with Crippen LogP contribution in [-0.4, -0.2) is 19.5 Å². The van der Waals surface area contributed by atoms with E-state index < -0.39 is 0 Å². The van der Waals surface area contributed by atoms with Crippen LogP contribution in [0.3, 0.4) is 0 Å². The van der Waals surface area contributed by atoms with Crippen LogP contribution in [0.1, 0.15) is 0 Å². The molecule has 0 fully saturated rings. The molecular formula is C55H34N4. The molecule has 2 heterocycles. The van der Waals surface area contributed by atoms with Gasteiger partial charge in [0.25, 0.3) is 0 Å². The van der Waals surface area contributed by atoms with Gasteiger partial charge >= 0.3 is 0 Å². The van der Waals surface area contributed by atoms with E-state index >= 15 is 0 Å². The lowest BCUT2D eigenvalue weighted by molar-refractivity contribution is 1.07. The van der Waals surface area contributed by atoms with Gasteiger partial charge in [0.05, 0.1) is 16.7 Å². The summed E-state index contributed by atoms with van der Waals surface area (Å²) in [5, 5.41) is 11.9. The number of hydrogen-bond acceptors (Lipinski definition) is 3. The molecule has 0 atom stereocenters. The topological polar surface area (TPSA) is 43.6 Å². The van der Waals surface area contributed by atoms with Gasteiger partial charge in [-0.15, -0.1) is 0 Å². The lowest BCUT2D eigenvalue weighted by Crippen LogP contribution is -2.02. The highest BCUT2D eigenvalue weighted by Crippen LogP contribution is 2.42. The smallest absolute Gasteiger partial charge is 0.164 e. The van der Waals surface area contributed by atoms with Gasteiger partial charge in [0.15, 0.2) is 17.5 Å². The van der Waals surface area contributed by atoms with Crippen LogP contribution in [0, 0.1) is 0 Å². The summed E-state index contributed by atoms with van der Waals surface area (Å²) >= 11 is 0. The SMILES string of the molecule is c1ccc(-c2nc(-c3ccc(-n4c5cc6ccccc6cc5c5ccc6ccccc6c54)c(-c4ccc5ccccc5c4)c3)nc(-c3cccc4ccccc34)n2)cc1. The molecule has 0 aliphatic carbocycles. The molecule has 0 saturated carbocycles. The van der Waals surface area contributed by atoms with Crippen LogP contribution in [0.2, 0.25) is 0 Å². The van der Waals surface area contributed by atoms with E-state index in [2.05, 4.69) is 193 Å². The van der Waals surface area contributed by atoms with Gasteiger partial charge in [0, 0.05) is 38.4 Å². The van der Waals surface area contributed by atoms with Crippen LogP contribution in [0.25, 0.3) is 116 Å². The molecule has 0 aliphatic rings. The van der Waals surface area contributed by atoms with Crippen molar-refractivity contribution in [3.05, 3.63) is 206 Å². The Kier molecular flexibility index (Phi) is 7.50. The molecule has 0 unspecified atom stereocenters. The van der Waals surface area contributed by atoms with Crippen molar-refractivity contribution in [3.8, 4) is 51.0 Å². The van der Waals surface area contributed by atoms with Crippen LogP contribution in [0.15, 0.2) is 206 Å². The van der Waals surface area contributed by atoms with E-state index in [1.807, 2.05) is 18.2 Å². The molecule has 4 nitrogen and oxygen atoms in total. The largest absolute Gasteiger partial charge is 0.308 e. The zero-order chi connectivity index (χ0) is 38.9. The normalized spacial score (nSPS) is 11.7. The van der Waals surface area contributed by atoms with E-state index in [1.54, 1.807) is 0 Å². The number of rotatable bonds is 5. The molecule has 59 heavy (non-hydrogen) atoms. The van der Waals surface area contributed by atoms with Crippen LogP contribution in [0.5, 0.6) is 0 Å². The Morgan fingerprint density at radius 2 is 0.864 bits per heavy atom. The van der Waals surface area contributed by atoms with Gasteiger partial charge in [0.1, 0.15) is 0 Å². The highest BCUT2D eigenvalue weighted by molar-refractivity contribution is 6.21. The third-order valence-electron chi connectivity index (χ3n) is 11.8. The third kappa shape index (κ3) is 5.49. The molecule has 0 saturated heterocycles. The average Bonchev–Trinajstić information content (AvgIpc) is 3.63. The van der Waals surface area contributed by atoms with Gasteiger partial charge < -0.3 is 4.57 Å². The van der Waals surface area contributed by atoms with E-state index in [4.69, 9.17) is 15.0 Å². The fourth-order valence-corrected chi connectivity index (χ4v) is 8.93. The highest BCUT2D eigenvalue weighted by atomic mass is 15.0. The molecule has 0 radical (unpaired) electrons. The van der Waals surface area contributed by atoms with Crippen molar-refractivity contribution in [1.29, 1.82) is 0 Å². The third-order valence-corrected chi connectivity index (χ3v) is 11.8. The molecule has 0 spiro atoms. The zero-order valence-electron chi connectivity index (χ0n) is 31.9. The minimum Gasteiger partial charge on any atom is -0.308 e. The highest BCUT2D eigenvalue weighted by Gasteiger charge is 2.21. The van der Waals surface area contributed by atoms with Crippen molar-refractivity contribution in [3.63, 3.8) is 0 Å². The summed E-state index contributed by atoms with van der Waals surface area (Å²) in [7, 11) is 0. The minimum absolute atomic E-state index is 0.619. The second-order valence-corrected chi connectivity index (χ2v) is 15.2. The molecular weight excluding hydrogens is 717 g/mol. The fourth-order valence-electron chi connectivity index (χ4n) is 8.93. The van der Waals surface area contributed by atoms with Crippen molar-refractivity contribution >= 4 is 64.9 Å². The molecule has 4 heteroatoms. The van der Waals surface area contributed by atoms with Gasteiger partial charge in [0.2, 0.25) is 0 Å². The predicted molar refractivity (Wildman–Crippen MR) is 246 cm³/mol. The first-order valence-electron chi connectivity index (χ1n) is 20.0. The minimum atomic E-state index is 0.619. The zero-order valence-corrected chi connectivity index (χ0v) is 31.9. The Morgan fingerprint density at radius 1 is 0.288 bits per heavy atom. The monoisotopic (exact) mass is 750 g/mol. The van der Waals surface area contributed by atoms with Crippen LogP contribution >= 0.6 is 0 Å². The van der Waals surface area contributed by atoms with Crippen molar-refractivity contribution in [2.24, 2.45) is 0 Å². The lowest BCUT2D eigenvalue weighted by atomic mass is 9.97. The second-order valence-electron chi connectivity index (χ2n) is 15.2. The lowest BCUT2D eigenvalue weighted by Gasteiger charge is -2.17. The summed E-state index contributed by atoms with van der Waals surface area (Å²) in [6.07, 6.45) is 0. The molecule has 2 aromatic heterocycles. The first-order chi connectivity index (χ1) is 29.2. The number of aromatic nitrogens is 4. The van der Waals surface area contributed by atoms with E-state index in [0.29, 0.717) is 17.5 Å². The predicted octanol–water partition coefficient (Wildman–Crippen LogP) is 14.2. The van der Waals surface area contributed by atoms with Gasteiger partial charge in [-0.3, -0.25) is 0 Å². The standard InChI is InChI=1S/C55H34N4/c1-2-16-38(17-3-1)53-56-54(58-55(57-53)47-24-12-21-36-14-8-10-22-44(36)47)43-28-30-50(48(33-43)42-26-25-35-13-4-5-18-39(35)31-42)59-51-34-41-20-7-6-19-40(41)32-49(51)46-29-27-37-15-9-11-23-45(37)52(46)59/h1-34H. The van der Waals surface area contributed by atoms with Gasteiger partial charge in [-0.05, 0) is 79.7 Å². The van der Waals surface area contributed by atoms with Crippen molar-refractivity contribution in [2.45, 2.75) is 0 Å². The van der Waals surface area contributed by atoms with E-state index in [1.165, 1.54) is 48.6 Å². The van der Waals surface area contributed by atoms with Crippen LogP contribution in [-0.2, 0) is 0 Å². The van der Waals surface area contributed by atoms with E-state index in [9.17, 15) is 0 Å². The summed E-state index contributed by atoms with van der Waals surface area (Å²) in [4.78, 5) is 15.6. The van der Waals surface area contributed by atoms with Crippen LogP contribution < -0.4 is 0 Å². The van der Waals surface area contributed by atoms with E-state index in [0.717, 1.165) is 49.8 Å². The van der Waals surface area contributed by atoms with Gasteiger partial charge in [-0.25, -0.2) is 15.0 Å². The molecule has 274 valence electrons. The first kappa shape index (κ1) is 33.2. The van der Waals surface area contributed by atoms with Crippen molar-refractivity contribution in [1.82, 2.24) is 19.5 Å². The number of benzene rings is 10. The molecule has 12 rings (SSSR count). The van der Waals surface area contributed by atoms with Crippen LogP contribution in [0.4, 0.5) is 0 Å². The molecule has 12 aromatic rings. The quantitative estimate of drug-likeness (QED) is 0.176. The number of nitrogens with zero attached hydrogens (tertiary/aromatic N) is 4. The van der Waals surface area contributed by atoms with Gasteiger partial charge in [-0.1, -0.05) is 170 Å². The Morgan fingerprint density at radius 3 is 1.66 bits per heavy atom. The van der Waals surface area contributed by atoms with Crippen molar-refractivity contribution in [2.75, 3.05) is 0 Å². The Balaban J connectivity index is 1.17. The molecule has 0 bridgehead atoms. The number of fused-ring (bicyclic) bond motifs is 8. The summed E-state index contributed by atoms with van der Waals surface area (Å²) in [6, 6.07) is 73.6. The first-order valence-corrected chi connectivity index (χ1v) is 20.0. The summed E-state index contributed by atoms with van der Waals surface area (Å²) in [5.41, 5.74) is 8.46. The number of hydrogen-bond donors (Lipinski definition) is 0. The molecule has 0 N–H and O–H groups in total. The summed E-state index contributed by atoms with van der Waals surface area (Å²) in [6.45, 7) is 0. The summed E-state index contributed by atoms with van der Waals surface area (Å²) < 4.78 is 2.48. The molecule has 0 amide bonds. The maximum atomic E-state index is 5.27. The Bertz CT molecular complexity index is 3620. The summed E-state index contributed by atoms with van der Waals surface area (Å²) in [5.74, 6) is 1.90. The maximum Gasteiger partial charge on any atom is 0.164 e. The Labute approximate surface area is 340 Å². The molecule has 10 aromatic carbocycles. The average molecular weight is 751 g/mol. The second kappa shape index (κ2) is 13.3. The maximum absolute atomic E-state index is 5.27.